The number of fused-ring (bicyclic) bond motifs is 2. The molecular formula is C21H29Cl2N5O3. The Balaban J connectivity index is 0.00000171. The van der Waals surface area contributed by atoms with Crippen molar-refractivity contribution in [1.29, 1.82) is 0 Å². The Morgan fingerprint density at radius 3 is 2.52 bits per heavy atom. The number of hydrogen-bond acceptors (Lipinski definition) is 5. The molecule has 2 amide bonds. The summed E-state index contributed by atoms with van der Waals surface area (Å²) < 4.78 is 5.10. The standard InChI is InChI=1S/C21H27N5O3.2ClH/c1-29-13-17(27)26-10-7-16-19(24-14-23-16)21(26)8-11-25(12-9-21)20(28)18(22)15-5-3-2-4-6-15;;/h2-6,14,18H,7-13,22H2,1H3,(H,23,24);2*1H/t18-;;/m1../s1. The van der Waals surface area contributed by atoms with Crippen molar-refractivity contribution < 1.29 is 14.3 Å². The Kier molecular flexibility index (Phi) is 8.48. The second-order valence-corrected chi connectivity index (χ2v) is 7.70. The van der Waals surface area contributed by atoms with E-state index in [1.165, 1.54) is 7.11 Å². The van der Waals surface area contributed by atoms with Gasteiger partial charge in [-0.05, 0) is 18.4 Å². The number of nitrogens with zero attached hydrogens (tertiary/aromatic N) is 3. The fourth-order valence-electron chi connectivity index (χ4n) is 4.65. The zero-order valence-electron chi connectivity index (χ0n) is 17.5. The molecule has 1 atom stereocenters. The summed E-state index contributed by atoms with van der Waals surface area (Å²) in [5, 5.41) is 0. The lowest BCUT2D eigenvalue weighted by Crippen LogP contribution is -2.60. The first-order chi connectivity index (χ1) is 14.1. The van der Waals surface area contributed by atoms with Gasteiger partial charge in [-0.2, -0.15) is 0 Å². The van der Waals surface area contributed by atoms with Crippen molar-refractivity contribution in [3.05, 3.63) is 53.6 Å². The lowest BCUT2D eigenvalue weighted by atomic mass is 9.78. The maximum Gasteiger partial charge on any atom is 0.249 e. The van der Waals surface area contributed by atoms with Gasteiger partial charge in [-0.3, -0.25) is 9.59 Å². The fraction of sp³-hybridized carbons (Fsp3) is 0.476. The number of ether oxygens (including phenoxy) is 1. The summed E-state index contributed by atoms with van der Waals surface area (Å²) in [6.45, 7) is 1.72. The zero-order valence-corrected chi connectivity index (χ0v) is 19.1. The average molecular weight is 470 g/mol. The third-order valence-electron chi connectivity index (χ3n) is 6.16. The molecule has 0 aliphatic carbocycles. The van der Waals surface area contributed by atoms with Crippen molar-refractivity contribution in [2.24, 2.45) is 5.73 Å². The van der Waals surface area contributed by atoms with E-state index in [4.69, 9.17) is 10.5 Å². The summed E-state index contributed by atoms with van der Waals surface area (Å²) in [5.74, 6) is -0.124. The zero-order chi connectivity index (χ0) is 20.4. The molecule has 2 aliphatic heterocycles. The van der Waals surface area contributed by atoms with E-state index in [0.717, 1.165) is 23.4 Å². The van der Waals surface area contributed by atoms with Crippen LogP contribution in [0.3, 0.4) is 0 Å². The number of piperidine rings is 1. The van der Waals surface area contributed by atoms with Gasteiger partial charge >= 0.3 is 0 Å². The van der Waals surface area contributed by atoms with Gasteiger partial charge in [0.05, 0.1) is 17.6 Å². The highest BCUT2D eigenvalue weighted by Gasteiger charge is 2.49. The van der Waals surface area contributed by atoms with Crippen molar-refractivity contribution in [3.8, 4) is 0 Å². The largest absolute Gasteiger partial charge is 0.375 e. The molecule has 1 saturated heterocycles. The van der Waals surface area contributed by atoms with Crippen molar-refractivity contribution in [1.82, 2.24) is 19.8 Å². The Labute approximate surface area is 194 Å². The van der Waals surface area contributed by atoms with Gasteiger partial charge in [0.2, 0.25) is 11.8 Å². The summed E-state index contributed by atoms with van der Waals surface area (Å²) in [6.07, 6.45) is 3.70. The lowest BCUT2D eigenvalue weighted by Gasteiger charge is -2.50. The number of methoxy groups -OCH3 is 1. The smallest absolute Gasteiger partial charge is 0.249 e. The van der Waals surface area contributed by atoms with Gasteiger partial charge in [-0.25, -0.2) is 4.98 Å². The van der Waals surface area contributed by atoms with Gasteiger partial charge in [0.15, 0.2) is 0 Å². The quantitative estimate of drug-likeness (QED) is 0.709. The van der Waals surface area contributed by atoms with Gasteiger partial charge < -0.3 is 25.3 Å². The fourth-order valence-corrected chi connectivity index (χ4v) is 4.65. The Bertz CT molecular complexity index is 884. The summed E-state index contributed by atoms with van der Waals surface area (Å²) in [4.78, 5) is 37.2. The minimum Gasteiger partial charge on any atom is -0.375 e. The number of aromatic amines is 1. The molecule has 3 N–H and O–H groups in total. The third kappa shape index (κ3) is 4.57. The van der Waals surface area contributed by atoms with E-state index >= 15 is 0 Å². The molecule has 1 aromatic carbocycles. The first kappa shape index (κ1) is 25.1. The second kappa shape index (κ2) is 10.5. The summed E-state index contributed by atoms with van der Waals surface area (Å²) in [7, 11) is 1.53. The molecule has 0 saturated carbocycles. The summed E-state index contributed by atoms with van der Waals surface area (Å²) in [6, 6.07) is 8.74. The average Bonchev–Trinajstić information content (AvgIpc) is 3.24. The lowest BCUT2D eigenvalue weighted by molar-refractivity contribution is -0.148. The van der Waals surface area contributed by atoms with E-state index in [0.29, 0.717) is 32.5 Å². The van der Waals surface area contributed by atoms with Crippen molar-refractivity contribution >= 4 is 36.6 Å². The molecule has 10 heteroatoms. The molecule has 170 valence electrons. The highest BCUT2D eigenvalue weighted by Crippen LogP contribution is 2.42. The molecule has 1 fully saturated rings. The molecule has 2 aliphatic rings. The number of nitrogens with two attached hydrogens (primary N) is 1. The minimum absolute atomic E-state index is 0. The molecule has 1 aromatic heterocycles. The number of carbonyl (C=O) groups excluding carboxylic acids is 2. The van der Waals surface area contributed by atoms with Crippen LogP contribution in [0.4, 0.5) is 0 Å². The van der Waals surface area contributed by atoms with Crippen LogP contribution in [0.15, 0.2) is 36.7 Å². The van der Waals surface area contributed by atoms with E-state index in [9.17, 15) is 9.59 Å². The van der Waals surface area contributed by atoms with Crippen LogP contribution < -0.4 is 5.73 Å². The highest BCUT2D eigenvalue weighted by atomic mass is 35.5. The molecule has 4 rings (SSSR count). The first-order valence-electron chi connectivity index (χ1n) is 9.98. The molecular weight excluding hydrogens is 441 g/mol. The molecule has 0 bridgehead atoms. The number of halogens is 2. The van der Waals surface area contributed by atoms with Crippen molar-refractivity contribution in [3.63, 3.8) is 0 Å². The Morgan fingerprint density at radius 1 is 1.19 bits per heavy atom. The maximum atomic E-state index is 13.0. The summed E-state index contributed by atoms with van der Waals surface area (Å²) in [5.41, 5.74) is 8.53. The van der Waals surface area contributed by atoms with E-state index in [1.807, 2.05) is 40.1 Å². The molecule has 8 nitrogen and oxygen atoms in total. The number of likely N-dealkylation sites (tertiary alicyclic amines) is 1. The number of amides is 2. The normalized spacial score (nSPS) is 17.9. The second-order valence-electron chi connectivity index (χ2n) is 7.70. The number of benzene rings is 1. The number of hydrogen-bond donors (Lipinski definition) is 2. The van der Waals surface area contributed by atoms with Gasteiger partial charge in [0, 0.05) is 38.9 Å². The van der Waals surface area contributed by atoms with Crippen LogP contribution in [0.25, 0.3) is 0 Å². The molecule has 0 unspecified atom stereocenters. The minimum atomic E-state index is -0.677. The van der Waals surface area contributed by atoms with Crippen LogP contribution in [-0.4, -0.2) is 64.9 Å². The molecule has 2 aromatic rings. The van der Waals surface area contributed by atoms with Crippen LogP contribution in [0, 0.1) is 0 Å². The molecule has 3 heterocycles. The molecule has 1 spiro atoms. The number of aromatic nitrogens is 2. The van der Waals surface area contributed by atoms with Crippen LogP contribution >= 0.6 is 24.8 Å². The topological polar surface area (TPSA) is 105 Å². The van der Waals surface area contributed by atoms with E-state index in [-0.39, 0.29) is 43.2 Å². The van der Waals surface area contributed by atoms with Crippen LogP contribution in [0.2, 0.25) is 0 Å². The maximum absolute atomic E-state index is 13.0. The van der Waals surface area contributed by atoms with Gasteiger partial charge in [0.1, 0.15) is 12.6 Å². The predicted molar refractivity (Wildman–Crippen MR) is 121 cm³/mol. The van der Waals surface area contributed by atoms with Crippen LogP contribution in [-0.2, 0) is 26.3 Å². The van der Waals surface area contributed by atoms with E-state index in [1.54, 1.807) is 6.33 Å². The highest BCUT2D eigenvalue weighted by molar-refractivity contribution is 5.85. The number of H-pyrrole nitrogens is 1. The number of carbonyl (C=O) groups is 2. The number of rotatable bonds is 4. The number of nitrogens with one attached hydrogen (secondary N) is 1. The predicted octanol–water partition coefficient (Wildman–Crippen LogP) is 1.80. The SMILES string of the molecule is COCC(=O)N1CCc2[nH]cnc2C12CCN(C(=O)[C@H](N)c1ccccc1)CC2.Cl.Cl. The summed E-state index contributed by atoms with van der Waals surface area (Å²) >= 11 is 0. The van der Waals surface area contributed by atoms with Crippen LogP contribution in [0.1, 0.15) is 35.8 Å². The van der Waals surface area contributed by atoms with Crippen molar-refractivity contribution in [2.45, 2.75) is 30.8 Å². The van der Waals surface area contributed by atoms with E-state index < -0.39 is 11.6 Å². The molecule has 0 radical (unpaired) electrons. The van der Waals surface area contributed by atoms with Gasteiger partial charge in [-0.15, -0.1) is 24.8 Å². The first-order valence-corrected chi connectivity index (χ1v) is 9.98. The third-order valence-corrected chi connectivity index (χ3v) is 6.16. The Morgan fingerprint density at radius 2 is 1.87 bits per heavy atom. The molecule has 31 heavy (non-hydrogen) atoms. The van der Waals surface area contributed by atoms with Crippen LogP contribution in [0.5, 0.6) is 0 Å². The van der Waals surface area contributed by atoms with Crippen molar-refractivity contribution in [2.75, 3.05) is 33.4 Å². The van der Waals surface area contributed by atoms with Gasteiger partial charge in [-0.1, -0.05) is 30.3 Å². The number of imidazole rings is 1. The monoisotopic (exact) mass is 469 g/mol. The van der Waals surface area contributed by atoms with Gasteiger partial charge in [0.25, 0.3) is 0 Å². The Hall–Kier alpha value is -2.13. The van der Waals surface area contributed by atoms with E-state index in [2.05, 4.69) is 9.97 Å².